The molecule has 0 spiro atoms. The largest absolute Gasteiger partial charge is 0.431 e. The highest BCUT2D eigenvalue weighted by Gasteiger charge is 2.12. The summed E-state index contributed by atoms with van der Waals surface area (Å²) >= 11 is 1.60. The Bertz CT molecular complexity index is 618. The lowest BCUT2D eigenvalue weighted by atomic mass is 10.2. The molecule has 2 heterocycles. The molecule has 1 unspecified atom stereocenters. The molecule has 0 saturated heterocycles. The number of fused-ring (bicyclic) bond motifs is 1. The van der Waals surface area contributed by atoms with Crippen LogP contribution in [0.25, 0.3) is 11.1 Å². The van der Waals surface area contributed by atoms with Crippen molar-refractivity contribution in [1.29, 1.82) is 0 Å². The number of benzene rings is 1. The highest BCUT2D eigenvalue weighted by atomic mass is 32.2. The van der Waals surface area contributed by atoms with Gasteiger partial charge in [-0.3, -0.25) is 4.98 Å². The third kappa shape index (κ3) is 2.24. The summed E-state index contributed by atoms with van der Waals surface area (Å²) in [5, 5.41) is 0.972. The van der Waals surface area contributed by atoms with E-state index in [4.69, 9.17) is 4.42 Å². The van der Waals surface area contributed by atoms with Gasteiger partial charge in [-0.25, -0.2) is 4.98 Å². The molecule has 3 aromatic rings. The quantitative estimate of drug-likeness (QED) is 0.662. The number of nitrogens with zero attached hydrogens (tertiary/aromatic N) is 2. The van der Waals surface area contributed by atoms with Crippen molar-refractivity contribution in [2.24, 2.45) is 0 Å². The number of hydrogen-bond donors (Lipinski definition) is 0. The van der Waals surface area contributed by atoms with E-state index in [1.807, 2.05) is 36.5 Å². The second kappa shape index (κ2) is 4.82. The van der Waals surface area contributed by atoms with Crippen molar-refractivity contribution >= 4 is 22.9 Å². The van der Waals surface area contributed by atoms with E-state index in [1.165, 1.54) is 5.56 Å². The number of aromatic nitrogens is 2. The van der Waals surface area contributed by atoms with E-state index in [0.717, 1.165) is 11.1 Å². The summed E-state index contributed by atoms with van der Waals surface area (Å²) < 4.78 is 5.69. The van der Waals surface area contributed by atoms with Crippen LogP contribution in [0.4, 0.5) is 0 Å². The number of oxazole rings is 1. The normalized spacial score (nSPS) is 12.7. The molecule has 0 fully saturated rings. The van der Waals surface area contributed by atoms with Gasteiger partial charge in [0.1, 0.15) is 5.52 Å². The van der Waals surface area contributed by atoms with E-state index in [9.17, 15) is 0 Å². The summed E-state index contributed by atoms with van der Waals surface area (Å²) in [6, 6.07) is 11.8. The Morgan fingerprint density at radius 3 is 2.83 bits per heavy atom. The Labute approximate surface area is 109 Å². The predicted molar refractivity (Wildman–Crippen MR) is 72.5 cm³/mol. The maximum absolute atomic E-state index is 5.69. The van der Waals surface area contributed by atoms with E-state index in [1.54, 1.807) is 18.0 Å². The molecule has 0 aliphatic carbocycles. The van der Waals surface area contributed by atoms with Crippen molar-refractivity contribution in [2.75, 3.05) is 0 Å². The fraction of sp³-hybridized carbons (Fsp3) is 0.143. The van der Waals surface area contributed by atoms with Gasteiger partial charge in [0.25, 0.3) is 5.22 Å². The lowest BCUT2D eigenvalue weighted by Crippen LogP contribution is -1.88. The fourth-order valence-corrected chi connectivity index (χ4v) is 2.60. The Balaban J connectivity index is 1.84. The van der Waals surface area contributed by atoms with Gasteiger partial charge in [0, 0.05) is 17.6 Å². The van der Waals surface area contributed by atoms with Crippen LogP contribution in [0.15, 0.2) is 58.4 Å². The maximum atomic E-state index is 5.69. The van der Waals surface area contributed by atoms with Crippen LogP contribution in [0.1, 0.15) is 17.7 Å². The Hall–Kier alpha value is -1.81. The van der Waals surface area contributed by atoms with Gasteiger partial charge in [-0.15, -0.1) is 0 Å². The van der Waals surface area contributed by atoms with Crippen LogP contribution in [-0.2, 0) is 0 Å². The third-order valence-corrected chi connectivity index (χ3v) is 3.71. The van der Waals surface area contributed by atoms with Gasteiger partial charge < -0.3 is 4.42 Å². The van der Waals surface area contributed by atoms with E-state index >= 15 is 0 Å². The van der Waals surface area contributed by atoms with Gasteiger partial charge in [-0.1, -0.05) is 30.0 Å². The Kier molecular flexibility index (Phi) is 3.02. The SMILES string of the molecule is CC(Sc1nc2ccccc2o1)c1cccnc1. The van der Waals surface area contributed by atoms with Crippen molar-refractivity contribution in [3.63, 3.8) is 0 Å². The minimum Gasteiger partial charge on any atom is -0.431 e. The molecular formula is C14H12N2OS. The van der Waals surface area contributed by atoms with Crippen LogP contribution in [0.5, 0.6) is 0 Å². The molecule has 4 heteroatoms. The fourth-order valence-electron chi connectivity index (χ4n) is 1.74. The zero-order valence-corrected chi connectivity index (χ0v) is 10.7. The average Bonchev–Trinajstić information content (AvgIpc) is 2.82. The monoisotopic (exact) mass is 256 g/mol. The first-order chi connectivity index (χ1) is 8.83. The molecule has 0 aliphatic rings. The summed E-state index contributed by atoms with van der Waals surface area (Å²) in [5.41, 5.74) is 2.90. The molecule has 0 amide bonds. The van der Waals surface area contributed by atoms with Crippen LogP contribution >= 0.6 is 11.8 Å². The zero-order chi connectivity index (χ0) is 12.4. The standard InChI is InChI=1S/C14H12N2OS/c1-10(11-5-4-8-15-9-11)18-14-16-12-6-2-3-7-13(12)17-14/h2-10H,1H3. The lowest BCUT2D eigenvalue weighted by Gasteiger charge is -2.07. The Morgan fingerprint density at radius 2 is 2.06 bits per heavy atom. The summed E-state index contributed by atoms with van der Waals surface area (Å²) in [6.45, 7) is 2.12. The first-order valence-electron chi connectivity index (χ1n) is 5.75. The number of rotatable bonds is 3. The van der Waals surface area contributed by atoms with Crippen LogP contribution in [0, 0.1) is 0 Å². The molecule has 2 aromatic heterocycles. The highest BCUT2D eigenvalue weighted by Crippen LogP contribution is 2.35. The molecule has 1 aromatic carbocycles. The Morgan fingerprint density at radius 1 is 1.17 bits per heavy atom. The van der Waals surface area contributed by atoms with Gasteiger partial charge in [0.05, 0.1) is 0 Å². The molecule has 3 nitrogen and oxygen atoms in total. The highest BCUT2D eigenvalue weighted by molar-refractivity contribution is 7.99. The summed E-state index contributed by atoms with van der Waals surface area (Å²) in [6.07, 6.45) is 3.65. The minimum absolute atomic E-state index is 0.270. The molecule has 0 bridgehead atoms. The topological polar surface area (TPSA) is 38.9 Å². The second-order valence-corrected chi connectivity index (χ2v) is 5.29. The van der Waals surface area contributed by atoms with Crippen molar-refractivity contribution in [3.8, 4) is 0 Å². The van der Waals surface area contributed by atoms with Crippen LogP contribution < -0.4 is 0 Å². The van der Waals surface area contributed by atoms with Gasteiger partial charge in [-0.2, -0.15) is 0 Å². The third-order valence-electron chi connectivity index (χ3n) is 2.71. The summed E-state index contributed by atoms with van der Waals surface area (Å²) in [5.74, 6) is 0. The molecule has 1 atom stereocenters. The van der Waals surface area contributed by atoms with E-state index in [0.29, 0.717) is 5.22 Å². The second-order valence-electron chi connectivity index (χ2n) is 3.99. The number of para-hydroxylation sites is 2. The molecule has 3 rings (SSSR count). The predicted octanol–water partition coefficient (Wildman–Crippen LogP) is 4.08. The van der Waals surface area contributed by atoms with Crippen molar-refractivity contribution < 1.29 is 4.42 Å². The molecule has 0 saturated carbocycles. The van der Waals surface area contributed by atoms with E-state index in [-0.39, 0.29) is 5.25 Å². The van der Waals surface area contributed by atoms with E-state index < -0.39 is 0 Å². The molecular weight excluding hydrogens is 244 g/mol. The molecule has 0 aliphatic heterocycles. The number of thioether (sulfide) groups is 1. The van der Waals surface area contributed by atoms with Crippen molar-refractivity contribution in [3.05, 3.63) is 54.4 Å². The first kappa shape index (κ1) is 11.3. The van der Waals surface area contributed by atoms with Crippen molar-refractivity contribution in [2.45, 2.75) is 17.4 Å². The smallest absolute Gasteiger partial charge is 0.257 e. The lowest BCUT2D eigenvalue weighted by molar-refractivity contribution is 0.488. The van der Waals surface area contributed by atoms with Crippen LogP contribution in [0.2, 0.25) is 0 Å². The van der Waals surface area contributed by atoms with E-state index in [2.05, 4.69) is 23.0 Å². The zero-order valence-electron chi connectivity index (χ0n) is 9.91. The molecule has 90 valence electrons. The molecule has 18 heavy (non-hydrogen) atoms. The van der Waals surface area contributed by atoms with Crippen LogP contribution in [0.3, 0.4) is 0 Å². The van der Waals surface area contributed by atoms with Gasteiger partial charge in [0.15, 0.2) is 5.58 Å². The minimum atomic E-state index is 0.270. The van der Waals surface area contributed by atoms with Crippen molar-refractivity contribution in [1.82, 2.24) is 9.97 Å². The molecule has 0 N–H and O–H groups in total. The summed E-state index contributed by atoms with van der Waals surface area (Å²) in [7, 11) is 0. The van der Waals surface area contributed by atoms with Gasteiger partial charge in [0.2, 0.25) is 0 Å². The number of pyridine rings is 1. The summed E-state index contributed by atoms with van der Waals surface area (Å²) in [4.78, 5) is 8.58. The van der Waals surface area contributed by atoms with Gasteiger partial charge >= 0.3 is 0 Å². The van der Waals surface area contributed by atoms with Gasteiger partial charge in [-0.05, 0) is 30.7 Å². The number of hydrogen-bond acceptors (Lipinski definition) is 4. The molecule has 0 radical (unpaired) electrons. The average molecular weight is 256 g/mol. The van der Waals surface area contributed by atoms with Crippen LogP contribution in [-0.4, -0.2) is 9.97 Å². The maximum Gasteiger partial charge on any atom is 0.257 e. The first-order valence-corrected chi connectivity index (χ1v) is 6.63.